The van der Waals surface area contributed by atoms with Crippen LogP contribution in [0.3, 0.4) is 0 Å². The number of aldehydes is 1. The van der Waals surface area contributed by atoms with Crippen molar-refractivity contribution in [3.05, 3.63) is 40.0 Å². The number of imidazole rings is 1. The summed E-state index contributed by atoms with van der Waals surface area (Å²) < 4.78 is 7.21. The van der Waals surface area contributed by atoms with E-state index in [1.165, 1.54) is 4.88 Å². The quantitative estimate of drug-likeness (QED) is 0.691. The third-order valence-electron chi connectivity index (χ3n) is 3.75. The fourth-order valence-electron chi connectivity index (χ4n) is 2.52. The van der Waals surface area contributed by atoms with E-state index in [1.807, 2.05) is 43.4 Å². The Morgan fingerprint density at radius 2 is 2.05 bits per heavy atom. The van der Waals surface area contributed by atoms with Gasteiger partial charge in [-0.05, 0) is 44.5 Å². The summed E-state index contributed by atoms with van der Waals surface area (Å²) in [5.74, 6) is 0.833. The van der Waals surface area contributed by atoms with Crippen LogP contribution in [-0.2, 0) is 0 Å². The topological polar surface area (TPSA) is 43.6 Å². The molecule has 0 atom stereocenters. The van der Waals surface area contributed by atoms with Crippen LogP contribution in [0.4, 0.5) is 0 Å². The van der Waals surface area contributed by atoms with Gasteiger partial charge in [0, 0.05) is 16.1 Å². The highest BCUT2D eigenvalue weighted by Crippen LogP contribution is 2.31. The molecule has 4 nitrogen and oxygen atoms in total. The normalized spacial score (nSPS) is 11.0. The summed E-state index contributed by atoms with van der Waals surface area (Å²) in [4.78, 5) is 18.2. The first-order valence-electron chi connectivity index (χ1n) is 6.65. The van der Waals surface area contributed by atoms with Crippen LogP contribution in [0.25, 0.3) is 16.2 Å². The van der Waals surface area contributed by atoms with Crippen molar-refractivity contribution in [2.75, 3.05) is 7.11 Å². The molecule has 0 bridgehead atoms. The minimum Gasteiger partial charge on any atom is -0.496 e. The molecule has 5 heteroatoms. The van der Waals surface area contributed by atoms with Crippen LogP contribution in [0.5, 0.6) is 5.75 Å². The van der Waals surface area contributed by atoms with Gasteiger partial charge in [0.05, 0.1) is 7.11 Å². The molecular formula is C16H16N2O2S. The van der Waals surface area contributed by atoms with Crippen molar-refractivity contribution < 1.29 is 9.53 Å². The Kier molecular flexibility index (Phi) is 3.29. The van der Waals surface area contributed by atoms with E-state index in [9.17, 15) is 4.79 Å². The van der Waals surface area contributed by atoms with Crippen LogP contribution in [-0.4, -0.2) is 22.8 Å². The first-order chi connectivity index (χ1) is 10.1. The molecule has 0 aliphatic carbocycles. The third-order valence-corrected chi connectivity index (χ3v) is 4.81. The van der Waals surface area contributed by atoms with Crippen LogP contribution >= 0.6 is 11.3 Å². The van der Waals surface area contributed by atoms with Crippen LogP contribution in [0.15, 0.2) is 18.2 Å². The fraction of sp³-hybridized carbons (Fsp3) is 0.250. The predicted molar refractivity (Wildman–Crippen MR) is 84.7 cm³/mol. The number of nitrogens with zero attached hydrogens (tertiary/aromatic N) is 2. The second kappa shape index (κ2) is 5.00. The minimum absolute atomic E-state index is 0.608. The van der Waals surface area contributed by atoms with Crippen molar-refractivity contribution in [3.8, 4) is 17.0 Å². The molecule has 0 radical (unpaired) electrons. The number of hydrogen-bond acceptors (Lipinski definition) is 4. The molecule has 0 N–H and O–H groups in total. The van der Waals surface area contributed by atoms with Crippen molar-refractivity contribution in [1.82, 2.24) is 9.38 Å². The van der Waals surface area contributed by atoms with E-state index >= 15 is 0 Å². The Bertz CT molecular complexity index is 846. The standard InChI is InChI=1S/C16H16N2O2S/c1-9-7-12(5-6-14(9)20-4)15-13(8-19)18-10(2)11(3)21-16(18)17-15/h5-8H,1-4H3. The molecule has 0 amide bonds. The van der Waals surface area contributed by atoms with Gasteiger partial charge in [-0.3, -0.25) is 9.20 Å². The molecule has 2 aromatic heterocycles. The van der Waals surface area contributed by atoms with Crippen LogP contribution in [0.2, 0.25) is 0 Å². The molecule has 3 rings (SSSR count). The number of rotatable bonds is 3. The third kappa shape index (κ3) is 2.05. The van der Waals surface area contributed by atoms with Crippen molar-refractivity contribution in [2.45, 2.75) is 20.8 Å². The Balaban J connectivity index is 2.25. The first kappa shape index (κ1) is 13.8. The molecule has 1 aromatic carbocycles. The monoisotopic (exact) mass is 300 g/mol. The van der Waals surface area contributed by atoms with Gasteiger partial charge < -0.3 is 4.74 Å². The second-order valence-electron chi connectivity index (χ2n) is 5.01. The fourth-order valence-corrected chi connectivity index (χ4v) is 3.50. The lowest BCUT2D eigenvalue weighted by atomic mass is 10.1. The number of ether oxygens (including phenoxy) is 1. The first-order valence-corrected chi connectivity index (χ1v) is 7.47. The summed E-state index contributed by atoms with van der Waals surface area (Å²) in [6, 6.07) is 5.85. The van der Waals surface area contributed by atoms with E-state index in [2.05, 4.69) is 4.98 Å². The lowest BCUT2D eigenvalue weighted by Gasteiger charge is -2.06. The zero-order chi connectivity index (χ0) is 15.1. The highest BCUT2D eigenvalue weighted by atomic mass is 32.1. The van der Waals surface area contributed by atoms with E-state index in [0.717, 1.165) is 39.5 Å². The summed E-state index contributed by atoms with van der Waals surface area (Å²) in [7, 11) is 1.65. The number of fused-ring (bicyclic) bond motifs is 1. The van der Waals surface area contributed by atoms with E-state index in [4.69, 9.17) is 4.74 Å². The lowest BCUT2D eigenvalue weighted by Crippen LogP contribution is -1.95. The molecule has 0 fully saturated rings. The maximum atomic E-state index is 11.6. The molecule has 0 saturated carbocycles. The molecular weight excluding hydrogens is 284 g/mol. The van der Waals surface area contributed by atoms with E-state index in [-0.39, 0.29) is 0 Å². The van der Waals surface area contributed by atoms with E-state index in [0.29, 0.717) is 5.69 Å². The SMILES string of the molecule is COc1ccc(-c2nc3sc(C)c(C)n3c2C=O)cc1C. The number of carbonyl (C=O) groups excluding carboxylic acids is 1. The van der Waals surface area contributed by atoms with Crippen molar-refractivity contribution in [1.29, 1.82) is 0 Å². The molecule has 0 aliphatic heterocycles. The molecule has 3 aromatic rings. The largest absolute Gasteiger partial charge is 0.496 e. The average Bonchev–Trinajstić information content (AvgIpc) is 2.96. The summed E-state index contributed by atoms with van der Waals surface area (Å²) in [5, 5.41) is 0. The smallest absolute Gasteiger partial charge is 0.195 e. The molecule has 21 heavy (non-hydrogen) atoms. The van der Waals surface area contributed by atoms with Gasteiger partial charge in [0.2, 0.25) is 0 Å². The van der Waals surface area contributed by atoms with Gasteiger partial charge in [-0.25, -0.2) is 4.98 Å². The van der Waals surface area contributed by atoms with E-state index in [1.54, 1.807) is 18.4 Å². The van der Waals surface area contributed by atoms with Crippen molar-refractivity contribution in [2.24, 2.45) is 0 Å². The number of methoxy groups -OCH3 is 1. The number of hydrogen-bond donors (Lipinski definition) is 0. The molecule has 0 spiro atoms. The summed E-state index contributed by atoms with van der Waals surface area (Å²) in [6.07, 6.45) is 0.883. The predicted octanol–water partition coefficient (Wildman–Crippen LogP) is 3.81. The summed E-state index contributed by atoms with van der Waals surface area (Å²) in [5.41, 5.74) is 4.36. The molecule has 108 valence electrons. The summed E-state index contributed by atoms with van der Waals surface area (Å²) in [6.45, 7) is 6.04. The number of thiazole rings is 1. The molecule has 2 heterocycles. The average molecular weight is 300 g/mol. The Hall–Kier alpha value is -2.14. The minimum atomic E-state index is 0.608. The van der Waals surface area contributed by atoms with Gasteiger partial charge in [0.15, 0.2) is 11.2 Å². The van der Waals surface area contributed by atoms with Crippen LogP contribution < -0.4 is 4.74 Å². The Morgan fingerprint density at radius 1 is 1.29 bits per heavy atom. The molecule has 0 saturated heterocycles. The van der Waals surface area contributed by atoms with Gasteiger partial charge in [-0.15, -0.1) is 11.3 Å². The highest BCUT2D eigenvalue weighted by Gasteiger charge is 2.18. The number of aromatic nitrogens is 2. The number of carbonyl (C=O) groups is 1. The Morgan fingerprint density at radius 3 is 2.67 bits per heavy atom. The van der Waals surface area contributed by atoms with Crippen molar-refractivity contribution in [3.63, 3.8) is 0 Å². The maximum Gasteiger partial charge on any atom is 0.195 e. The highest BCUT2D eigenvalue weighted by molar-refractivity contribution is 7.17. The van der Waals surface area contributed by atoms with Gasteiger partial charge in [-0.1, -0.05) is 0 Å². The van der Waals surface area contributed by atoms with Crippen molar-refractivity contribution >= 4 is 22.6 Å². The second-order valence-corrected chi connectivity index (χ2v) is 6.19. The summed E-state index contributed by atoms with van der Waals surface area (Å²) >= 11 is 1.60. The zero-order valence-electron chi connectivity index (χ0n) is 12.4. The zero-order valence-corrected chi connectivity index (χ0v) is 13.2. The number of aryl methyl sites for hydroxylation is 3. The molecule has 0 unspecified atom stereocenters. The maximum absolute atomic E-state index is 11.6. The van der Waals surface area contributed by atoms with Crippen LogP contribution in [0, 0.1) is 20.8 Å². The Labute approximate surface area is 127 Å². The van der Waals surface area contributed by atoms with Gasteiger partial charge in [-0.2, -0.15) is 0 Å². The lowest BCUT2D eigenvalue weighted by molar-refractivity contribution is 0.111. The number of benzene rings is 1. The van der Waals surface area contributed by atoms with Gasteiger partial charge in [0.1, 0.15) is 17.1 Å². The van der Waals surface area contributed by atoms with E-state index < -0.39 is 0 Å². The van der Waals surface area contributed by atoms with Gasteiger partial charge in [0.25, 0.3) is 0 Å². The van der Waals surface area contributed by atoms with Gasteiger partial charge >= 0.3 is 0 Å². The molecule has 0 aliphatic rings. The van der Waals surface area contributed by atoms with Crippen LogP contribution in [0.1, 0.15) is 26.6 Å².